The standard InChI is InChI=1S/C13H17N3O3/c1-9-10(4-2-6-12(9)16(18)19)8-15-7-3-5-11(14)13(15)17/h2,4,6,11H,3,5,7-8,14H2,1H3. The molecule has 1 aromatic rings. The first kappa shape index (κ1) is 13.5. The van der Waals surface area contributed by atoms with Gasteiger partial charge < -0.3 is 10.6 Å². The van der Waals surface area contributed by atoms with Crippen LogP contribution in [0.25, 0.3) is 0 Å². The van der Waals surface area contributed by atoms with Gasteiger partial charge in [-0.15, -0.1) is 0 Å². The summed E-state index contributed by atoms with van der Waals surface area (Å²) < 4.78 is 0. The summed E-state index contributed by atoms with van der Waals surface area (Å²) in [6.45, 7) is 2.76. The Labute approximate surface area is 111 Å². The number of likely N-dealkylation sites (tertiary alicyclic amines) is 1. The van der Waals surface area contributed by atoms with E-state index < -0.39 is 11.0 Å². The fourth-order valence-corrected chi connectivity index (χ4v) is 2.37. The highest BCUT2D eigenvalue weighted by Gasteiger charge is 2.26. The number of amides is 1. The van der Waals surface area contributed by atoms with Crippen molar-refractivity contribution >= 4 is 11.6 Å². The van der Waals surface area contributed by atoms with E-state index in [-0.39, 0.29) is 11.6 Å². The van der Waals surface area contributed by atoms with E-state index >= 15 is 0 Å². The molecule has 1 aromatic carbocycles. The average Bonchev–Trinajstić information content (AvgIpc) is 2.37. The van der Waals surface area contributed by atoms with Crippen LogP contribution in [0, 0.1) is 17.0 Å². The van der Waals surface area contributed by atoms with E-state index in [0.717, 1.165) is 12.0 Å². The van der Waals surface area contributed by atoms with E-state index in [1.165, 1.54) is 6.07 Å². The Hall–Kier alpha value is -1.95. The molecule has 1 aliphatic rings. The lowest BCUT2D eigenvalue weighted by Crippen LogP contribution is -2.47. The van der Waals surface area contributed by atoms with Crippen molar-refractivity contribution in [3.05, 3.63) is 39.4 Å². The second-order valence-corrected chi connectivity index (χ2v) is 4.83. The summed E-state index contributed by atoms with van der Waals surface area (Å²) in [4.78, 5) is 24.1. The number of carbonyl (C=O) groups excluding carboxylic acids is 1. The number of piperidine rings is 1. The van der Waals surface area contributed by atoms with Crippen molar-refractivity contribution in [1.29, 1.82) is 0 Å². The van der Waals surface area contributed by atoms with Gasteiger partial charge in [-0.3, -0.25) is 14.9 Å². The number of rotatable bonds is 3. The fourth-order valence-electron chi connectivity index (χ4n) is 2.37. The van der Waals surface area contributed by atoms with Crippen molar-refractivity contribution in [2.45, 2.75) is 32.4 Å². The Morgan fingerprint density at radius 3 is 2.95 bits per heavy atom. The quantitative estimate of drug-likeness (QED) is 0.658. The van der Waals surface area contributed by atoms with Gasteiger partial charge in [-0.25, -0.2) is 0 Å². The molecule has 1 atom stereocenters. The lowest BCUT2D eigenvalue weighted by atomic mass is 10.0. The van der Waals surface area contributed by atoms with Crippen molar-refractivity contribution < 1.29 is 9.72 Å². The van der Waals surface area contributed by atoms with Crippen molar-refractivity contribution in [3.8, 4) is 0 Å². The number of benzene rings is 1. The summed E-state index contributed by atoms with van der Waals surface area (Å²) in [7, 11) is 0. The third kappa shape index (κ3) is 2.73. The summed E-state index contributed by atoms with van der Waals surface area (Å²) in [5, 5.41) is 10.9. The Kier molecular flexibility index (Phi) is 3.80. The molecule has 102 valence electrons. The molecular formula is C13H17N3O3. The third-order valence-electron chi connectivity index (χ3n) is 3.55. The third-order valence-corrected chi connectivity index (χ3v) is 3.55. The molecule has 0 aliphatic carbocycles. The normalized spacial score (nSPS) is 19.6. The molecule has 1 aliphatic heterocycles. The number of nitro groups is 1. The fraction of sp³-hybridized carbons (Fsp3) is 0.462. The molecule has 0 spiro atoms. The van der Waals surface area contributed by atoms with Gasteiger partial charge in [-0.1, -0.05) is 12.1 Å². The van der Waals surface area contributed by atoms with Crippen LogP contribution in [0.3, 0.4) is 0 Å². The van der Waals surface area contributed by atoms with Gasteiger partial charge in [0.25, 0.3) is 5.69 Å². The van der Waals surface area contributed by atoms with Crippen molar-refractivity contribution in [1.82, 2.24) is 4.90 Å². The zero-order valence-electron chi connectivity index (χ0n) is 10.8. The Morgan fingerprint density at radius 2 is 2.26 bits per heavy atom. The first-order chi connectivity index (χ1) is 9.00. The van der Waals surface area contributed by atoms with Crippen molar-refractivity contribution in [3.63, 3.8) is 0 Å². The maximum atomic E-state index is 11.9. The minimum absolute atomic E-state index is 0.0721. The molecule has 0 bridgehead atoms. The first-order valence-corrected chi connectivity index (χ1v) is 6.28. The Balaban J connectivity index is 2.21. The number of carbonyl (C=O) groups is 1. The predicted octanol–water partition coefficient (Wildman–Crippen LogP) is 1.35. The van der Waals surface area contributed by atoms with Gasteiger partial charge in [-0.05, 0) is 25.3 Å². The van der Waals surface area contributed by atoms with E-state index in [4.69, 9.17) is 5.73 Å². The molecule has 1 saturated heterocycles. The molecule has 6 nitrogen and oxygen atoms in total. The van der Waals surface area contributed by atoms with Gasteiger partial charge in [0.2, 0.25) is 5.91 Å². The lowest BCUT2D eigenvalue weighted by molar-refractivity contribution is -0.385. The summed E-state index contributed by atoms with van der Waals surface area (Å²) in [5.41, 5.74) is 7.24. The minimum Gasteiger partial charge on any atom is -0.337 e. The number of hydrogen-bond acceptors (Lipinski definition) is 4. The van der Waals surface area contributed by atoms with Crippen LogP contribution >= 0.6 is 0 Å². The van der Waals surface area contributed by atoms with Crippen LogP contribution in [0.4, 0.5) is 5.69 Å². The second kappa shape index (κ2) is 5.36. The van der Waals surface area contributed by atoms with Gasteiger partial charge in [0.05, 0.1) is 11.0 Å². The highest BCUT2D eigenvalue weighted by atomic mass is 16.6. The van der Waals surface area contributed by atoms with Crippen LogP contribution in [0.5, 0.6) is 0 Å². The predicted molar refractivity (Wildman–Crippen MR) is 70.5 cm³/mol. The molecule has 1 amide bonds. The zero-order chi connectivity index (χ0) is 14.0. The van der Waals surface area contributed by atoms with Gasteiger partial charge in [0, 0.05) is 24.7 Å². The minimum atomic E-state index is -0.437. The van der Waals surface area contributed by atoms with Gasteiger partial charge in [0.15, 0.2) is 0 Å². The topological polar surface area (TPSA) is 89.5 Å². The van der Waals surface area contributed by atoms with Crippen LogP contribution in [0.1, 0.15) is 24.0 Å². The molecule has 0 radical (unpaired) electrons. The summed E-state index contributed by atoms with van der Waals surface area (Å²) in [6.07, 6.45) is 1.59. The molecule has 6 heteroatoms. The summed E-state index contributed by atoms with van der Waals surface area (Å²) >= 11 is 0. The highest BCUT2D eigenvalue weighted by molar-refractivity contribution is 5.82. The SMILES string of the molecule is Cc1c(CN2CCCC(N)C2=O)cccc1[N+](=O)[O-]. The molecule has 1 heterocycles. The van der Waals surface area contributed by atoms with Crippen LogP contribution in [-0.2, 0) is 11.3 Å². The average molecular weight is 263 g/mol. The van der Waals surface area contributed by atoms with Crippen LogP contribution in [0.15, 0.2) is 18.2 Å². The molecule has 19 heavy (non-hydrogen) atoms. The van der Waals surface area contributed by atoms with E-state index in [1.54, 1.807) is 17.9 Å². The number of nitro benzene ring substituents is 1. The first-order valence-electron chi connectivity index (χ1n) is 6.28. The molecule has 1 fully saturated rings. The second-order valence-electron chi connectivity index (χ2n) is 4.83. The Morgan fingerprint density at radius 1 is 1.53 bits per heavy atom. The van der Waals surface area contributed by atoms with Gasteiger partial charge in [0.1, 0.15) is 0 Å². The molecule has 2 rings (SSSR count). The zero-order valence-corrected chi connectivity index (χ0v) is 10.8. The lowest BCUT2D eigenvalue weighted by Gasteiger charge is -2.30. The molecule has 0 aromatic heterocycles. The van der Waals surface area contributed by atoms with Crippen molar-refractivity contribution in [2.24, 2.45) is 5.73 Å². The number of nitrogens with two attached hydrogens (primary N) is 1. The molecule has 2 N–H and O–H groups in total. The molecule has 0 saturated carbocycles. The number of hydrogen-bond donors (Lipinski definition) is 1. The number of nitrogens with zero attached hydrogens (tertiary/aromatic N) is 2. The van der Waals surface area contributed by atoms with Crippen LogP contribution in [-0.4, -0.2) is 28.3 Å². The monoisotopic (exact) mass is 263 g/mol. The largest absolute Gasteiger partial charge is 0.337 e. The van der Waals surface area contributed by atoms with Crippen molar-refractivity contribution in [2.75, 3.05) is 6.54 Å². The van der Waals surface area contributed by atoms with E-state index in [9.17, 15) is 14.9 Å². The summed E-state index contributed by atoms with van der Waals surface area (Å²) in [6, 6.07) is 4.50. The smallest absolute Gasteiger partial charge is 0.272 e. The van der Waals surface area contributed by atoms with Gasteiger partial charge in [-0.2, -0.15) is 0 Å². The maximum Gasteiger partial charge on any atom is 0.272 e. The maximum absolute atomic E-state index is 11.9. The molecular weight excluding hydrogens is 246 g/mol. The highest BCUT2D eigenvalue weighted by Crippen LogP contribution is 2.23. The van der Waals surface area contributed by atoms with Gasteiger partial charge >= 0.3 is 0 Å². The molecule has 1 unspecified atom stereocenters. The van der Waals surface area contributed by atoms with E-state index in [2.05, 4.69) is 0 Å². The van der Waals surface area contributed by atoms with E-state index in [0.29, 0.717) is 25.1 Å². The van der Waals surface area contributed by atoms with Crippen LogP contribution in [0.2, 0.25) is 0 Å². The van der Waals surface area contributed by atoms with Crippen LogP contribution < -0.4 is 5.73 Å². The summed E-state index contributed by atoms with van der Waals surface area (Å²) in [5.74, 6) is -0.0721. The van der Waals surface area contributed by atoms with E-state index in [1.807, 2.05) is 6.07 Å². The Bertz CT molecular complexity index is 516.